The molecule has 4 rings (SSSR count). The van der Waals surface area contributed by atoms with E-state index in [-0.39, 0.29) is 11.9 Å². The van der Waals surface area contributed by atoms with Crippen LogP contribution in [-0.4, -0.2) is 75.2 Å². The summed E-state index contributed by atoms with van der Waals surface area (Å²) in [5, 5.41) is 1.19. The number of ether oxygens (including phenoxy) is 1. The molecule has 3 aromatic rings. The molecule has 1 amide bonds. The Morgan fingerprint density at radius 2 is 1.74 bits per heavy atom. The number of carbonyl (C=O) groups is 1. The second-order valence-electron chi connectivity index (χ2n) is 10.9. The number of amides is 1. The number of aromatic nitrogens is 2. The van der Waals surface area contributed by atoms with E-state index in [1.54, 1.807) is 29.3 Å². The Hall–Kier alpha value is -2.65. The molecule has 2 aromatic carbocycles. The number of hydrogen-bond donors (Lipinski definition) is 0. The zero-order chi connectivity index (χ0) is 28.0. The number of piperazine rings is 1. The molecule has 39 heavy (non-hydrogen) atoms. The highest BCUT2D eigenvalue weighted by molar-refractivity contribution is 6.34. The summed E-state index contributed by atoms with van der Waals surface area (Å²) < 4.78 is 21.5. The molecule has 0 aliphatic carbocycles. The topological polar surface area (TPSA) is 53.8 Å². The first-order valence-corrected chi connectivity index (χ1v) is 13.9. The summed E-state index contributed by atoms with van der Waals surface area (Å²) in [6, 6.07) is 12.2. The van der Waals surface area contributed by atoms with Crippen molar-refractivity contribution in [2.45, 2.75) is 46.0 Å². The molecule has 1 aromatic heterocycles. The Morgan fingerprint density at radius 1 is 1.03 bits per heavy atom. The average Bonchev–Trinajstić information content (AvgIpc) is 3.27. The van der Waals surface area contributed by atoms with Crippen molar-refractivity contribution in [3.63, 3.8) is 0 Å². The van der Waals surface area contributed by atoms with Crippen LogP contribution in [-0.2, 0) is 24.4 Å². The minimum absolute atomic E-state index is 0.245. The highest BCUT2D eigenvalue weighted by Crippen LogP contribution is 2.21. The van der Waals surface area contributed by atoms with Crippen LogP contribution in [0, 0.1) is 5.82 Å². The van der Waals surface area contributed by atoms with Gasteiger partial charge in [-0.3, -0.25) is 9.80 Å². The van der Waals surface area contributed by atoms with Crippen LogP contribution in [0.3, 0.4) is 0 Å². The number of benzene rings is 2. The van der Waals surface area contributed by atoms with E-state index in [0.717, 1.165) is 43.1 Å². The van der Waals surface area contributed by atoms with E-state index in [9.17, 15) is 9.18 Å². The molecule has 0 saturated carbocycles. The minimum atomic E-state index is -0.504. The van der Waals surface area contributed by atoms with E-state index in [2.05, 4.69) is 19.4 Å². The predicted molar refractivity (Wildman–Crippen MR) is 153 cm³/mol. The Morgan fingerprint density at radius 3 is 2.41 bits per heavy atom. The lowest BCUT2D eigenvalue weighted by atomic mass is 10.2. The second-order valence-corrected chi connectivity index (χ2v) is 11.8. The number of hydrogen-bond acceptors (Lipinski definition) is 5. The van der Waals surface area contributed by atoms with Crippen molar-refractivity contribution in [3.8, 4) is 0 Å². The van der Waals surface area contributed by atoms with Crippen molar-refractivity contribution in [3.05, 3.63) is 87.7 Å². The summed E-state index contributed by atoms with van der Waals surface area (Å²) in [5.74, 6) is 0.655. The Balaban J connectivity index is 1.40. The lowest BCUT2D eigenvalue weighted by molar-refractivity contribution is 0.0136. The normalized spacial score (nSPS) is 14.7. The van der Waals surface area contributed by atoms with Crippen molar-refractivity contribution < 1.29 is 13.9 Å². The molecule has 7 nitrogen and oxygen atoms in total. The summed E-state index contributed by atoms with van der Waals surface area (Å²) in [5.41, 5.74) is 1.40. The number of halogens is 3. The third kappa shape index (κ3) is 9.21. The molecule has 1 aliphatic heterocycles. The van der Waals surface area contributed by atoms with Gasteiger partial charge >= 0.3 is 6.09 Å². The van der Waals surface area contributed by atoms with E-state index in [1.807, 2.05) is 45.2 Å². The molecule has 10 heteroatoms. The standard InChI is InChI=1S/C29H36Cl2FN5O2/c1-29(2,3)39-28(38)36-13-11-34(12-14-36)9-10-35(19-22-5-4-6-26(32)17-22)21-27-33-7-8-37(27)20-23-15-24(30)18-25(31)16-23/h4-8,15-18H,9-14,19-21H2,1-3H3. The van der Waals surface area contributed by atoms with Gasteiger partial charge in [0.25, 0.3) is 0 Å². The predicted octanol–water partition coefficient (Wildman–Crippen LogP) is 5.93. The SMILES string of the molecule is CC(C)(C)OC(=O)N1CCN(CCN(Cc2cccc(F)c2)Cc2nccn2Cc2cc(Cl)cc(Cl)c2)CC1. The highest BCUT2D eigenvalue weighted by Gasteiger charge is 2.26. The second kappa shape index (κ2) is 13.1. The number of carbonyl (C=O) groups excluding carboxylic acids is 1. The average molecular weight is 577 g/mol. The number of nitrogens with zero attached hydrogens (tertiary/aromatic N) is 5. The third-order valence-corrected chi connectivity index (χ3v) is 6.93. The number of imidazole rings is 1. The van der Waals surface area contributed by atoms with Crippen molar-refractivity contribution >= 4 is 29.3 Å². The molecular weight excluding hydrogens is 540 g/mol. The zero-order valence-corrected chi connectivity index (χ0v) is 24.3. The molecule has 1 aliphatic rings. The van der Waals surface area contributed by atoms with Crippen LogP contribution in [0.15, 0.2) is 54.9 Å². The smallest absolute Gasteiger partial charge is 0.410 e. The van der Waals surface area contributed by atoms with Gasteiger partial charge in [-0.2, -0.15) is 0 Å². The molecule has 0 N–H and O–H groups in total. The summed E-state index contributed by atoms with van der Waals surface area (Å²) >= 11 is 12.4. The van der Waals surface area contributed by atoms with E-state index in [1.165, 1.54) is 6.07 Å². The lowest BCUT2D eigenvalue weighted by Gasteiger charge is -2.36. The Bertz CT molecular complexity index is 1230. The van der Waals surface area contributed by atoms with E-state index >= 15 is 0 Å². The highest BCUT2D eigenvalue weighted by atomic mass is 35.5. The van der Waals surface area contributed by atoms with Gasteiger partial charge in [0.05, 0.1) is 6.54 Å². The molecule has 0 bridgehead atoms. The molecule has 210 valence electrons. The van der Waals surface area contributed by atoms with E-state index in [0.29, 0.717) is 42.8 Å². The minimum Gasteiger partial charge on any atom is -0.444 e. The maximum absolute atomic E-state index is 13.9. The Labute approximate surface area is 240 Å². The molecular formula is C29H36Cl2FN5O2. The van der Waals surface area contributed by atoms with Crippen molar-refractivity contribution in [1.29, 1.82) is 0 Å². The lowest BCUT2D eigenvalue weighted by Crippen LogP contribution is -2.51. The van der Waals surface area contributed by atoms with Crippen LogP contribution in [0.2, 0.25) is 10.0 Å². The summed E-state index contributed by atoms with van der Waals surface area (Å²) in [6.45, 7) is 11.8. The van der Waals surface area contributed by atoms with Crippen molar-refractivity contribution in [2.75, 3.05) is 39.3 Å². The van der Waals surface area contributed by atoms with Crippen LogP contribution < -0.4 is 0 Å². The maximum Gasteiger partial charge on any atom is 0.410 e. The van der Waals surface area contributed by atoms with E-state index < -0.39 is 5.60 Å². The number of rotatable bonds is 9. The first-order valence-electron chi connectivity index (χ1n) is 13.2. The molecule has 1 saturated heterocycles. The fourth-order valence-electron chi connectivity index (χ4n) is 4.61. The Kier molecular flexibility index (Phi) is 9.88. The first kappa shape index (κ1) is 29.3. The van der Waals surface area contributed by atoms with Gasteiger partial charge in [0.1, 0.15) is 17.2 Å². The van der Waals surface area contributed by atoms with Crippen LogP contribution in [0.5, 0.6) is 0 Å². The maximum atomic E-state index is 13.9. The fraction of sp³-hybridized carbons (Fsp3) is 0.448. The van der Waals surface area contributed by atoms with Crippen LogP contribution in [0.4, 0.5) is 9.18 Å². The summed E-state index contributed by atoms with van der Waals surface area (Å²) in [7, 11) is 0. The molecule has 2 heterocycles. The van der Waals surface area contributed by atoms with Crippen LogP contribution in [0.25, 0.3) is 0 Å². The van der Waals surface area contributed by atoms with Crippen molar-refractivity contribution in [2.24, 2.45) is 0 Å². The molecule has 0 radical (unpaired) electrons. The summed E-state index contributed by atoms with van der Waals surface area (Å²) in [6.07, 6.45) is 3.47. The van der Waals surface area contributed by atoms with Gasteiger partial charge in [0.15, 0.2) is 0 Å². The van der Waals surface area contributed by atoms with Crippen LogP contribution >= 0.6 is 23.2 Å². The van der Waals surface area contributed by atoms with Gasteiger partial charge in [0.2, 0.25) is 0 Å². The third-order valence-electron chi connectivity index (χ3n) is 6.49. The molecule has 0 spiro atoms. The van der Waals surface area contributed by atoms with Gasteiger partial charge in [-0.1, -0.05) is 35.3 Å². The van der Waals surface area contributed by atoms with Gasteiger partial charge in [-0.15, -0.1) is 0 Å². The van der Waals surface area contributed by atoms with Gasteiger partial charge < -0.3 is 14.2 Å². The van der Waals surface area contributed by atoms with Crippen LogP contribution in [0.1, 0.15) is 37.7 Å². The summed E-state index contributed by atoms with van der Waals surface area (Å²) in [4.78, 5) is 23.4. The quantitative estimate of drug-likeness (QED) is 0.316. The van der Waals surface area contributed by atoms with Gasteiger partial charge in [0, 0.05) is 74.8 Å². The van der Waals surface area contributed by atoms with Crippen molar-refractivity contribution in [1.82, 2.24) is 24.3 Å². The van der Waals surface area contributed by atoms with Gasteiger partial charge in [-0.05, 0) is 62.2 Å². The fourth-order valence-corrected chi connectivity index (χ4v) is 5.18. The zero-order valence-electron chi connectivity index (χ0n) is 22.7. The first-order chi connectivity index (χ1) is 18.5. The molecule has 1 fully saturated rings. The monoisotopic (exact) mass is 575 g/mol. The molecule has 0 unspecified atom stereocenters. The molecule has 0 atom stereocenters. The van der Waals surface area contributed by atoms with Gasteiger partial charge in [-0.25, -0.2) is 14.2 Å². The largest absolute Gasteiger partial charge is 0.444 e. The van der Waals surface area contributed by atoms with E-state index in [4.69, 9.17) is 27.9 Å².